The van der Waals surface area contributed by atoms with Gasteiger partial charge in [0.2, 0.25) is 0 Å². The molecule has 0 amide bonds. The number of nitrogens with zero attached hydrogens (tertiary/aromatic N) is 5. The molecule has 3 heterocycles. The van der Waals surface area contributed by atoms with Crippen LogP contribution in [0.4, 0.5) is 14.5 Å². The molecule has 0 aliphatic carbocycles. The summed E-state index contributed by atoms with van der Waals surface area (Å²) in [5.74, 6) is -1.69. The maximum Gasteiger partial charge on any atom is 0.252 e. The van der Waals surface area contributed by atoms with Crippen molar-refractivity contribution in [2.75, 3.05) is 18.0 Å². The molecule has 33 heavy (non-hydrogen) atoms. The number of halogens is 2. The zero-order valence-electron chi connectivity index (χ0n) is 19.2. The molecule has 1 saturated heterocycles. The molecular formula is C25H27F2N5O. The molecular weight excluding hydrogens is 424 g/mol. The van der Waals surface area contributed by atoms with Gasteiger partial charge in [-0.05, 0) is 50.1 Å². The van der Waals surface area contributed by atoms with Gasteiger partial charge in [-0.25, -0.2) is 13.8 Å². The molecule has 1 fully saturated rings. The number of anilines is 1. The highest BCUT2D eigenvalue weighted by atomic mass is 19.2. The Hall–Kier alpha value is -3.31. The maximum absolute atomic E-state index is 13.9. The van der Waals surface area contributed by atoms with Gasteiger partial charge in [0.15, 0.2) is 11.6 Å². The Bertz CT molecular complexity index is 1300. The number of fused-ring (bicyclic) bond motifs is 1. The highest BCUT2D eigenvalue weighted by Crippen LogP contribution is 2.33. The third kappa shape index (κ3) is 4.09. The maximum atomic E-state index is 13.9. The number of aryl methyl sites for hydroxylation is 1. The fraction of sp³-hybridized carbons (Fsp3) is 0.400. The van der Waals surface area contributed by atoms with Crippen molar-refractivity contribution in [3.63, 3.8) is 0 Å². The monoisotopic (exact) mass is 451 g/mol. The van der Waals surface area contributed by atoms with Crippen LogP contribution in [0.15, 0.2) is 41.2 Å². The van der Waals surface area contributed by atoms with E-state index in [1.54, 1.807) is 31.3 Å². The van der Waals surface area contributed by atoms with Gasteiger partial charge in [0.05, 0.1) is 11.2 Å². The standard InChI is InChI=1S/C25H27F2N5O/c1-5-19-14-31(15(2)13-32(19)16(3)17-6-8-20(26)21(27)10-17)23-11-24(33)30(4)22-9-7-18(12-28)29-25(22)23/h6-11,15-16,19H,5,13-14H2,1-4H3/t15-,16?,19+/m0/s1. The van der Waals surface area contributed by atoms with E-state index < -0.39 is 11.6 Å². The van der Waals surface area contributed by atoms with Crippen LogP contribution in [-0.2, 0) is 7.05 Å². The summed E-state index contributed by atoms with van der Waals surface area (Å²) in [6.07, 6.45) is 0.844. The van der Waals surface area contributed by atoms with Gasteiger partial charge >= 0.3 is 0 Å². The van der Waals surface area contributed by atoms with Crippen LogP contribution in [0, 0.1) is 23.0 Å². The lowest BCUT2D eigenvalue weighted by Gasteiger charge is -2.48. The van der Waals surface area contributed by atoms with Crippen LogP contribution in [0.25, 0.3) is 11.0 Å². The molecule has 0 N–H and O–H groups in total. The average molecular weight is 452 g/mol. The molecule has 0 saturated carbocycles. The van der Waals surface area contributed by atoms with E-state index in [0.29, 0.717) is 29.8 Å². The minimum Gasteiger partial charge on any atom is -0.364 e. The van der Waals surface area contributed by atoms with Crippen molar-refractivity contribution >= 4 is 16.7 Å². The van der Waals surface area contributed by atoms with Crippen molar-refractivity contribution in [1.29, 1.82) is 5.26 Å². The number of pyridine rings is 2. The van der Waals surface area contributed by atoms with E-state index in [1.165, 1.54) is 16.7 Å². The van der Waals surface area contributed by atoms with Crippen molar-refractivity contribution < 1.29 is 8.78 Å². The van der Waals surface area contributed by atoms with Crippen molar-refractivity contribution in [3.05, 3.63) is 69.6 Å². The summed E-state index contributed by atoms with van der Waals surface area (Å²) in [4.78, 5) is 21.7. The van der Waals surface area contributed by atoms with Gasteiger partial charge in [0.1, 0.15) is 17.3 Å². The molecule has 4 rings (SSSR count). The fourth-order valence-electron chi connectivity index (χ4n) is 4.80. The van der Waals surface area contributed by atoms with E-state index in [4.69, 9.17) is 0 Å². The van der Waals surface area contributed by atoms with E-state index in [1.807, 2.05) is 6.92 Å². The number of rotatable bonds is 4. The molecule has 3 aromatic rings. The van der Waals surface area contributed by atoms with Crippen LogP contribution in [0.1, 0.15) is 44.5 Å². The molecule has 0 spiro atoms. The lowest BCUT2D eigenvalue weighted by atomic mass is 9.98. The van der Waals surface area contributed by atoms with Gasteiger partial charge in [-0.1, -0.05) is 13.0 Å². The van der Waals surface area contributed by atoms with Gasteiger partial charge < -0.3 is 9.47 Å². The highest BCUT2D eigenvalue weighted by molar-refractivity contribution is 5.89. The largest absolute Gasteiger partial charge is 0.364 e. The lowest BCUT2D eigenvalue weighted by Crippen LogP contribution is -2.58. The van der Waals surface area contributed by atoms with Crippen LogP contribution < -0.4 is 10.5 Å². The Morgan fingerprint density at radius 1 is 1.18 bits per heavy atom. The van der Waals surface area contributed by atoms with E-state index >= 15 is 0 Å². The molecule has 3 atom stereocenters. The Balaban J connectivity index is 1.72. The van der Waals surface area contributed by atoms with Crippen LogP contribution in [0.2, 0.25) is 0 Å². The Kier molecular flexibility index (Phi) is 6.17. The van der Waals surface area contributed by atoms with Gasteiger partial charge in [-0.3, -0.25) is 9.69 Å². The molecule has 2 aromatic heterocycles. The van der Waals surface area contributed by atoms with E-state index in [2.05, 4.69) is 34.7 Å². The molecule has 1 aliphatic heterocycles. The number of piperazine rings is 1. The minimum absolute atomic E-state index is 0.0309. The quantitative estimate of drug-likeness (QED) is 0.597. The van der Waals surface area contributed by atoms with Crippen LogP contribution in [-0.4, -0.2) is 39.6 Å². The summed E-state index contributed by atoms with van der Waals surface area (Å²) in [6.45, 7) is 7.50. The number of nitriles is 1. The highest BCUT2D eigenvalue weighted by Gasteiger charge is 2.35. The second-order valence-corrected chi connectivity index (χ2v) is 8.71. The smallest absolute Gasteiger partial charge is 0.252 e. The number of benzene rings is 1. The molecule has 1 aliphatic rings. The van der Waals surface area contributed by atoms with Gasteiger partial charge in [0, 0.05) is 44.3 Å². The molecule has 0 bridgehead atoms. The van der Waals surface area contributed by atoms with Gasteiger partial charge in [0.25, 0.3) is 5.56 Å². The van der Waals surface area contributed by atoms with Crippen LogP contribution >= 0.6 is 0 Å². The summed E-state index contributed by atoms with van der Waals surface area (Å²) >= 11 is 0. The summed E-state index contributed by atoms with van der Waals surface area (Å²) in [5.41, 5.74) is 2.91. The summed E-state index contributed by atoms with van der Waals surface area (Å²) in [7, 11) is 1.70. The number of aromatic nitrogens is 2. The number of hydrogen-bond acceptors (Lipinski definition) is 5. The second-order valence-electron chi connectivity index (χ2n) is 8.71. The zero-order chi connectivity index (χ0) is 23.9. The average Bonchev–Trinajstić information content (AvgIpc) is 2.82. The Morgan fingerprint density at radius 2 is 1.94 bits per heavy atom. The molecule has 8 heteroatoms. The van der Waals surface area contributed by atoms with Crippen LogP contribution in [0.3, 0.4) is 0 Å². The first-order chi connectivity index (χ1) is 15.7. The lowest BCUT2D eigenvalue weighted by molar-refractivity contribution is 0.106. The molecule has 1 aromatic carbocycles. The summed E-state index contributed by atoms with van der Waals surface area (Å²) in [5, 5.41) is 9.34. The Morgan fingerprint density at radius 3 is 2.61 bits per heavy atom. The van der Waals surface area contributed by atoms with Gasteiger partial charge in [-0.15, -0.1) is 0 Å². The molecule has 1 unspecified atom stereocenters. The van der Waals surface area contributed by atoms with Crippen molar-refractivity contribution in [1.82, 2.24) is 14.5 Å². The first kappa shape index (κ1) is 22.9. The topological polar surface area (TPSA) is 65.2 Å². The van der Waals surface area contributed by atoms with Crippen molar-refractivity contribution in [3.8, 4) is 6.07 Å². The van der Waals surface area contributed by atoms with E-state index in [-0.39, 0.29) is 23.7 Å². The summed E-state index contributed by atoms with van der Waals surface area (Å²) < 4.78 is 28.8. The van der Waals surface area contributed by atoms with Gasteiger partial charge in [-0.2, -0.15) is 5.26 Å². The minimum atomic E-state index is -0.849. The molecule has 172 valence electrons. The zero-order valence-corrected chi connectivity index (χ0v) is 19.2. The summed E-state index contributed by atoms with van der Waals surface area (Å²) in [6, 6.07) is 11.2. The van der Waals surface area contributed by atoms with Crippen LogP contribution in [0.5, 0.6) is 0 Å². The predicted octanol–water partition coefficient (Wildman–Crippen LogP) is 4.13. The first-order valence-corrected chi connectivity index (χ1v) is 11.1. The predicted molar refractivity (Wildman–Crippen MR) is 124 cm³/mol. The normalized spacial score (nSPS) is 20.1. The van der Waals surface area contributed by atoms with E-state index in [0.717, 1.165) is 17.7 Å². The first-order valence-electron chi connectivity index (χ1n) is 11.1. The molecule has 6 nitrogen and oxygen atoms in total. The number of hydrogen-bond donors (Lipinski definition) is 0. The fourth-order valence-corrected chi connectivity index (χ4v) is 4.80. The van der Waals surface area contributed by atoms with Crippen molar-refractivity contribution in [2.45, 2.75) is 45.3 Å². The van der Waals surface area contributed by atoms with Crippen molar-refractivity contribution in [2.24, 2.45) is 7.05 Å². The third-order valence-electron chi connectivity index (χ3n) is 6.77. The Labute approximate surface area is 191 Å². The third-order valence-corrected chi connectivity index (χ3v) is 6.77. The second kappa shape index (κ2) is 8.91. The van der Waals surface area contributed by atoms with E-state index in [9.17, 15) is 18.8 Å². The SMILES string of the molecule is CC[C@@H]1CN(c2cc(=O)n(C)c3ccc(C#N)nc23)[C@@H](C)CN1C(C)c1ccc(F)c(F)c1. The molecule has 0 radical (unpaired) electrons.